The van der Waals surface area contributed by atoms with Gasteiger partial charge in [-0.15, -0.1) is 0 Å². The van der Waals surface area contributed by atoms with Gasteiger partial charge in [-0.1, -0.05) is 64.2 Å². The molecule has 0 aromatic heterocycles. The molecule has 0 saturated heterocycles. The molecule has 108 valence electrons. The monoisotopic (exact) mass is 430 g/mol. The average molecular weight is 428 g/mol. The van der Waals surface area contributed by atoms with Crippen molar-refractivity contribution in [2.75, 3.05) is 0 Å². The van der Waals surface area contributed by atoms with Gasteiger partial charge in [0.25, 0.3) is 0 Å². The van der Waals surface area contributed by atoms with Gasteiger partial charge in [-0.3, -0.25) is 0 Å². The van der Waals surface area contributed by atoms with Crippen LogP contribution in [-0.4, -0.2) is 0 Å². The molecule has 2 nitrogen and oxygen atoms in total. The first kappa shape index (κ1) is 36.3. The Hall–Kier alpha value is 0.727. The molecule has 2 rings (SSSR count). The first-order valence-corrected chi connectivity index (χ1v) is 5.41. The minimum absolute atomic E-state index is 0. The van der Waals surface area contributed by atoms with Crippen LogP contribution in [0.5, 0.6) is 0 Å². The first-order valence-electron chi connectivity index (χ1n) is 5.41. The van der Waals surface area contributed by atoms with Gasteiger partial charge in [0.05, 0.1) is 0 Å². The Bertz CT molecular complexity index is 97.0. The Balaban J connectivity index is -0.0000000268. The summed E-state index contributed by atoms with van der Waals surface area (Å²) < 4.78 is 15.0. The molecule has 0 aliphatic heterocycles. The fraction of sp³-hybridized carbons (Fsp3) is 0.714. The Morgan fingerprint density at radius 3 is 0.556 bits per heavy atom. The van der Waals surface area contributed by atoms with Gasteiger partial charge in [-0.05, 0) is 0 Å². The van der Waals surface area contributed by atoms with Crippen molar-refractivity contribution < 1.29 is 48.3 Å². The zero-order chi connectivity index (χ0) is 11.1. The fourth-order valence-electron chi connectivity index (χ4n) is 1.77. The molecule has 0 N–H and O–H groups in total. The molecule has 0 unspecified atom stereocenters. The largest absolute Gasteiger partial charge is 3.00 e. The van der Waals surface area contributed by atoms with E-state index < -0.39 is 0 Å². The zero-order valence-corrected chi connectivity index (χ0v) is 15.1. The van der Waals surface area contributed by atoms with E-state index in [1.807, 2.05) is 0 Å². The van der Waals surface area contributed by atoms with E-state index in [4.69, 9.17) is 9.30 Å². The minimum atomic E-state index is 0. The van der Waals surface area contributed by atoms with Crippen molar-refractivity contribution in [3.8, 4) is 0 Å². The molecule has 0 aromatic rings. The van der Waals surface area contributed by atoms with Crippen LogP contribution in [0.1, 0.15) is 64.2 Å². The Kier molecular flexibility index (Phi) is 87.0. The molecular weight excluding hydrogens is 402 g/mol. The van der Waals surface area contributed by atoms with Crippen LogP contribution >= 0.6 is 0 Å². The average Bonchev–Trinajstić information content (AvgIpc) is 3.01. The molecule has 0 spiro atoms. The van der Waals surface area contributed by atoms with Crippen molar-refractivity contribution >= 4 is 0 Å². The van der Waals surface area contributed by atoms with E-state index in [9.17, 15) is 0 Å². The second kappa shape index (κ2) is 43.1. The summed E-state index contributed by atoms with van der Waals surface area (Å²) in [6.07, 6.45) is 15.0. The maximum absolute atomic E-state index is 7.50. The third-order valence-electron chi connectivity index (χ3n) is 2.50. The standard InChI is InChI=1S/2C5H10.2CO.2CH3.2Ru/c2*1-2-4-5-3-1;2*1-2;;;;/h2*1-5H2;;;2*1H3;;/q;;;;2*-1;+1;+3. The quantitative estimate of drug-likeness (QED) is 0.304. The predicted molar refractivity (Wildman–Crippen MR) is 66.9 cm³/mol. The summed E-state index contributed by atoms with van der Waals surface area (Å²) in [6.45, 7) is 9.00. The van der Waals surface area contributed by atoms with E-state index in [0.29, 0.717) is 0 Å². The molecule has 2 radical (unpaired) electrons. The Labute approximate surface area is 140 Å². The van der Waals surface area contributed by atoms with Crippen molar-refractivity contribution in [2.45, 2.75) is 64.2 Å². The molecule has 0 bridgehead atoms. The van der Waals surface area contributed by atoms with Gasteiger partial charge in [-0.25, -0.2) is 0 Å². The molecule has 2 saturated carbocycles. The summed E-state index contributed by atoms with van der Waals surface area (Å²) in [5.74, 6) is 0. The van der Waals surface area contributed by atoms with Crippen molar-refractivity contribution in [1.82, 2.24) is 0 Å². The predicted octanol–water partition coefficient (Wildman–Crippen LogP) is 4.72. The van der Waals surface area contributed by atoms with E-state index in [1.54, 1.807) is 0 Å². The topological polar surface area (TPSA) is 39.8 Å². The first-order chi connectivity index (χ1) is 7.00. The van der Waals surface area contributed by atoms with Gasteiger partial charge in [0.2, 0.25) is 0 Å². The molecule has 0 amide bonds. The van der Waals surface area contributed by atoms with Crippen molar-refractivity contribution in [3.05, 3.63) is 28.2 Å². The second-order valence-electron chi connectivity index (χ2n) is 3.54. The second-order valence-corrected chi connectivity index (χ2v) is 3.54. The molecule has 0 aromatic carbocycles. The minimum Gasteiger partial charge on any atom is -0.358 e. The van der Waals surface area contributed by atoms with Gasteiger partial charge in [-0.2, -0.15) is 0 Å². The normalized spacial score (nSPS) is 13.6. The van der Waals surface area contributed by atoms with Gasteiger partial charge in [0.15, 0.2) is 0 Å². The van der Waals surface area contributed by atoms with E-state index >= 15 is 0 Å². The Morgan fingerprint density at radius 2 is 0.500 bits per heavy atom. The summed E-state index contributed by atoms with van der Waals surface area (Å²) in [6, 6.07) is 0. The van der Waals surface area contributed by atoms with Crippen molar-refractivity contribution in [1.29, 1.82) is 0 Å². The molecule has 4 heteroatoms. The number of hydrogen-bond donors (Lipinski definition) is 0. The van der Waals surface area contributed by atoms with Gasteiger partial charge < -0.3 is 14.9 Å². The van der Waals surface area contributed by atoms with Gasteiger partial charge in [0.1, 0.15) is 0 Å². The summed E-state index contributed by atoms with van der Waals surface area (Å²) in [4.78, 5) is 0. The number of rotatable bonds is 0. The molecule has 2 fully saturated rings. The smallest absolute Gasteiger partial charge is 0.358 e. The summed E-state index contributed by atoms with van der Waals surface area (Å²) in [5, 5.41) is 0. The van der Waals surface area contributed by atoms with Crippen molar-refractivity contribution in [3.63, 3.8) is 0 Å². The van der Waals surface area contributed by atoms with Crippen LogP contribution in [0.2, 0.25) is 0 Å². The summed E-state index contributed by atoms with van der Waals surface area (Å²) in [5.41, 5.74) is 0. The molecule has 18 heavy (non-hydrogen) atoms. The fourth-order valence-corrected chi connectivity index (χ4v) is 1.77. The van der Waals surface area contributed by atoms with Crippen LogP contribution in [0.15, 0.2) is 0 Å². The van der Waals surface area contributed by atoms with Crippen molar-refractivity contribution in [2.24, 2.45) is 0 Å². The molecule has 2 aliphatic carbocycles. The van der Waals surface area contributed by atoms with Crippen LogP contribution in [0.3, 0.4) is 0 Å². The van der Waals surface area contributed by atoms with E-state index in [0.717, 1.165) is 0 Å². The zero-order valence-electron chi connectivity index (χ0n) is 11.6. The van der Waals surface area contributed by atoms with E-state index in [2.05, 4.69) is 13.3 Å². The van der Waals surface area contributed by atoms with E-state index in [-0.39, 0.29) is 53.8 Å². The van der Waals surface area contributed by atoms with E-state index in [1.165, 1.54) is 64.2 Å². The van der Waals surface area contributed by atoms with Gasteiger partial charge >= 0.3 is 61.6 Å². The Morgan fingerprint density at radius 1 is 0.444 bits per heavy atom. The van der Waals surface area contributed by atoms with Crippen LogP contribution in [0, 0.1) is 28.2 Å². The maximum atomic E-state index is 7.50. The summed E-state index contributed by atoms with van der Waals surface area (Å²) in [7, 11) is 0. The molecule has 2 aliphatic rings. The van der Waals surface area contributed by atoms with Crippen LogP contribution in [0.25, 0.3) is 0 Å². The summed E-state index contributed by atoms with van der Waals surface area (Å²) >= 11 is 0. The van der Waals surface area contributed by atoms with Gasteiger partial charge in [0, 0.05) is 0 Å². The number of hydrogen-bond acceptors (Lipinski definition) is 0. The van der Waals surface area contributed by atoms with Crippen LogP contribution < -0.4 is 0 Å². The molecule has 0 atom stereocenters. The third-order valence-corrected chi connectivity index (χ3v) is 2.50. The van der Waals surface area contributed by atoms with Crippen LogP contribution in [-0.2, 0) is 48.3 Å². The maximum Gasteiger partial charge on any atom is 3.00 e. The SMILES string of the molecule is C1CCCC1.C1CCCC1.[C-]#[O+].[C-]#[O+].[CH3-].[CH3-].[Ru+3].[Ru+]. The van der Waals surface area contributed by atoms with Crippen LogP contribution in [0.4, 0.5) is 0 Å². The third kappa shape index (κ3) is 36.0. The molecular formula is C14H26O2Ru2+2. The molecule has 0 heterocycles.